The Bertz CT molecular complexity index is 2490. The zero-order valence-corrected chi connectivity index (χ0v) is 89.3. The van der Waals surface area contributed by atoms with Gasteiger partial charge in [-0.2, -0.15) is 67.3 Å². The SMILES string of the molecule is O.O.O.O.O.O.O.O.O.O.O.O.O.O.O.O.O.O.O.O.O.O.O.O.O.O.O.O.O.O.O.O.O.O.O.O.O.O.O.O.O.O.O.O.O.O.O.O.O.O.O.O.O.O.O.O.O.O.O.O.O.O.O=S(=O)([O][Al])OC[C@H]1O[C@@H](O[C@]2(COS(=O)(=O)[O][Al])O[C@H](OS(=O)(=O)[O][Al])[C@@H](OS(=O)(=O)[O][Al])[C@@H]2OS(=O)(=O)[O][Al])[C@H](OS(=O)(=O)[O][Al])[C@@H](OS(=O)(=O)[O][Al])[C@@H]1OS(=O)(=O)[O][Al].[Al].[Al].[Al].[Al].[Al].[Al].[Al].[Al]. The molecule has 9 atom stereocenters. The zero-order chi connectivity index (χ0) is 48.0. The van der Waals surface area contributed by atoms with Gasteiger partial charge >= 0.3 is 216 Å². The van der Waals surface area contributed by atoms with E-state index >= 15 is 0 Å². The van der Waals surface area contributed by atoms with Crippen molar-refractivity contribution in [2.75, 3.05) is 13.2 Å². The summed E-state index contributed by atoms with van der Waals surface area (Å²) in [5.74, 6) is -3.93. The molecule has 124 N–H and O–H groups in total. The van der Waals surface area contributed by atoms with Crippen LogP contribution in [-0.4, -0.2) is 747 Å². The van der Waals surface area contributed by atoms with E-state index in [0.29, 0.717) is 0 Å². The van der Waals surface area contributed by atoms with Gasteiger partial charge in [-0.1, -0.05) is 0 Å². The van der Waals surface area contributed by atoms with Crippen LogP contribution < -0.4 is 0 Å². The van der Waals surface area contributed by atoms with E-state index in [9.17, 15) is 67.3 Å². The molecule has 2 rings (SSSR count). The molecule has 2 heterocycles. The second-order valence-electron chi connectivity index (χ2n) is 9.90. The van der Waals surface area contributed by atoms with Crippen LogP contribution in [-0.2, 0) is 157 Å². The van der Waals surface area contributed by atoms with Gasteiger partial charge in [0.25, 0.3) is 0 Å². The summed E-state index contributed by atoms with van der Waals surface area (Å²) in [6, 6.07) is 0. The van der Waals surface area contributed by atoms with Gasteiger partial charge in [-0.3, -0.25) is 0 Å². The Morgan fingerprint density at radius 1 is 0.197 bits per heavy atom. The number of hydrogen-bond donors (Lipinski definition) is 0. The van der Waals surface area contributed by atoms with E-state index in [-0.39, 0.29) is 478 Å². The number of rotatable bonds is 28. The lowest BCUT2D eigenvalue weighted by Gasteiger charge is -2.46. The molecule has 2 aliphatic rings. The summed E-state index contributed by atoms with van der Waals surface area (Å²) in [5.41, 5.74) is 0. The van der Waals surface area contributed by atoms with Gasteiger partial charge in [-0.15, -0.1) is 0 Å². The Kier molecular flexibility index (Phi) is 952. The van der Waals surface area contributed by atoms with Crippen molar-refractivity contribution < 1.29 is 480 Å². The Morgan fingerprint density at radius 2 is 0.364 bits per heavy atom. The highest BCUT2D eigenvalue weighted by molar-refractivity contribution is 7.84. The minimum atomic E-state index is -5.71. The maximum Gasteiger partial charge on any atom is 0.408 e. The molecule has 0 saturated carbocycles. The van der Waals surface area contributed by atoms with E-state index in [0.717, 1.165) is 116 Å². The first-order valence-corrected chi connectivity index (χ1v) is 28.0. The number of hydrogen-bond acceptors (Lipinski definition) is 35. The van der Waals surface area contributed by atoms with Gasteiger partial charge in [0, 0.05) is 139 Å². The van der Waals surface area contributed by atoms with Crippen molar-refractivity contribution in [3.8, 4) is 0 Å². The topological polar surface area (TPSA) is 2400 Å². The van der Waals surface area contributed by atoms with Gasteiger partial charge in [0.05, 0.1) is 6.61 Å². The minimum absolute atomic E-state index is 0. The summed E-state index contributed by atoms with van der Waals surface area (Å²) in [7, 11) is -44.3. The van der Waals surface area contributed by atoms with Crippen molar-refractivity contribution in [1.29, 1.82) is 0 Å². The van der Waals surface area contributed by atoms with Gasteiger partial charge in [-0.05, 0) is 0 Å². The molecule has 0 unspecified atom stereocenters. The van der Waals surface area contributed by atoms with Crippen molar-refractivity contribution in [2.24, 2.45) is 0 Å². The summed E-state index contributed by atoms with van der Waals surface area (Å²) < 4.78 is 287. The highest BCUT2D eigenvalue weighted by Gasteiger charge is 2.66. The summed E-state index contributed by atoms with van der Waals surface area (Å²) in [4.78, 5) is 0. The molecule has 0 spiro atoms. The average molecular weight is 2510 g/mol. The van der Waals surface area contributed by atoms with E-state index in [1.807, 2.05) is 0 Å². The lowest BCUT2D eigenvalue weighted by Crippen LogP contribution is -2.66. The molecule has 0 aromatic heterocycles. The molecular weight excluding hydrogens is 2370 g/mol. The third kappa shape index (κ3) is 180. The summed E-state index contributed by atoms with van der Waals surface area (Å²) in [6.45, 7) is -3.80. The van der Waals surface area contributed by atoms with Gasteiger partial charge in [0.2, 0.25) is 12.1 Å². The molecule has 0 aliphatic carbocycles. The van der Waals surface area contributed by atoms with E-state index in [1.54, 1.807) is 0 Å². The fraction of sp³-hybridized carbons (Fsp3) is 1.00. The molecule has 0 aromatic rings. The predicted octanol–water partition coefficient (Wildman–Crippen LogP) is -64.7. The van der Waals surface area contributed by atoms with Crippen LogP contribution >= 0.6 is 0 Å². The molecule has 121 heteroatoms. The van der Waals surface area contributed by atoms with Crippen molar-refractivity contribution in [2.45, 2.75) is 55.0 Å². The quantitative estimate of drug-likeness (QED) is 0.0656. The van der Waals surface area contributed by atoms with Crippen molar-refractivity contribution in [3.05, 3.63) is 0 Å². The molecule has 0 amide bonds. The van der Waals surface area contributed by atoms with Gasteiger partial charge in [-0.25, -0.2) is 33.5 Å². The standard InChI is InChI=1S/C11H20O35S8.16Al.62H2O/c12-47(13,14)36-1-3-4(41-49(18,19)20)5(42-50(21,22)23)6(43-51(24,25)26)9(38-3)39-11(2-37-48(15,16)17)8(45-53(30,31)32)7(44-52(27,28)29)10(40-11)46-54(33,34)35;;;;;;;;;;;;;;;;;;;;;;;;;;;;;;;;;;;;;;;;;;;;;;;;;;;;;;;;;;;;;;;;;;;;;;;;;;;;;;/h3-10H,1-2H2,(H,12,13,14)(H,15,16,17)(H,18,19,20)(H,21,22,23)(H,24,25,26)(H,27,28,29)(H,30,31,32)(H,33,34,35);;;;;;;;;;;;;;;;;62*1H2/q;;;;;;;;;8*+1;;;;;;;;;;;;;;;;;;;;;;;;;;;;;;;;;;;;;;;;;;;;;;;;;;;;;;;;;;;;;;/p-8/t3-,4-,5+,6-,7+,8+,9+,10-,11-;;;;;;;;;;;;;;;;;;;;;;;;;;;;;;;;;;;;;;;;;;;;;;;;;;;;;;;;;;;;;;;;;;;;;;;;;;;;;;/m1............................................................................../s1. The van der Waals surface area contributed by atoms with Crippen LogP contribution in [0.15, 0.2) is 0 Å². The molecule has 132 heavy (non-hydrogen) atoms. The van der Waals surface area contributed by atoms with Gasteiger partial charge in [0.15, 0.2) is 24.6 Å². The van der Waals surface area contributed by atoms with Crippen LogP contribution in [0, 0.1) is 0 Å². The molecular formula is C11H136Al16O97S8. The van der Waals surface area contributed by atoms with Crippen LogP contribution in [0.25, 0.3) is 0 Å². The van der Waals surface area contributed by atoms with Crippen LogP contribution in [0.5, 0.6) is 0 Å². The van der Waals surface area contributed by atoms with Crippen molar-refractivity contribution in [3.63, 3.8) is 0 Å². The molecule has 2 fully saturated rings. The Morgan fingerprint density at radius 3 is 0.568 bits per heavy atom. The third-order valence-corrected chi connectivity index (χ3v) is 17.4. The second kappa shape index (κ2) is 229. The van der Waals surface area contributed by atoms with Gasteiger partial charge < -0.3 is 380 Å². The highest BCUT2D eigenvalue weighted by atomic mass is 32.3. The monoisotopic (exact) mass is 2510 g/mol. The third-order valence-electron chi connectivity index (χ3n) is 6.30. The molecule has 40 radical (unpaired) electrons. The summed E-state index contributed by atoms with van der Waals surface area (Å²) in [6.07, 6.45) is -24.5. The maximum atomic E-state index is 12.8. The van der Waals surface area contributed by atoms with Crippen molar-refractivity contribution >= 4 is 355 Å². The predicted molar refractivity (Wildman–Crippen MR) is 451 cm³/mol. The molecule has 2 saturated heterocycles. The maximum absolute atomic E-state index is 12.8. The fourth-order valence-electron chi connectivity index (χ4n) is 4.18. The van der Waals surface area contributed by atoms with Crippen LogP contribution in [0.1, 0.15) is 0 Å². The highest BCUT2D eigenvalue weighted by Crippen LogP contribution is 2.44. The smallest absolute Gasteiger partial charge is 0.408 e. The Balaban J connectivity index is -0.00000000846. The number of ether oxygens (including phenoxy) is 3. The van der Waals surface area contributed by atoms with E-state index in [4.69, 9.17) is 30.9 Å². The van der Waals surface area contributed by atoms with E-state index < -0.39 is 151 Å². The average Bonchev–Trinajstić information content (AvgIpc) is 1.63. The first kappa shape index (κ1) is 548. The zero-order valence-electron chi connectivity index (χ0n) is 64.3. The lowest BCUT2D eigenvalue weighted by molar-refractivity contribution is -0.379. The van der Waals surface area contributed by atoms with Crippen molar-refractivity contribution in [1.82, 2.24) is 0 Å². The second-order valence-corrected chi connectivity index (χ2v) is 24.2. The largest absolute Gasteiger partial charge is 0.412 e. The van der Waals surface area contributed by atoms with Crippen LogP contribution in [0.3, 0.4) is 0 Å². The first-order chi connectivity index (χ1) is 28.2. The lowest BCUT2D eigenvalue weighted by atomic mass is 9.99. The molecule has 858 valence electrons. The van der Waals surface area contributed by atoms with E-state index in [2.05, 4.69) is 42.6 Å². The molecule has 2 aliphatic heterocycles. The normalized spacial score (nSPS) is 13.4. The van der Waals surface area contributed by atoms with Crippen LogP contribution in [0.4, 0.5) is 0 Å². The van der Waals surface area contributed by atoms with Crippen LogP contribution in [0.2, 0.25) is 0 Å². The summed E-state index contributed by atoms with van der Waals surface area (Å²) >= 11 is 9.02. The fourth-order valence-corrected chi connectivity index (χ4v) is 9.15. The van der Waals surface area contributed by atoms with E-state index in [1.165, 1.54) is 16.6 Å². The summed E-state index contributed by atoms with van der Waals surface area (Å²) in [5, 5.41) is 0. The molecule has 0 bridgehead atoms. The van der Waals surface area contributed by atoms with Gasteiger partial charge in [0.1, 0.15) is 24.9 Å². The molecule has 0 aromatic carbocycles. The molecule has 97 nitrogen and oxygen atoms in total. The first-order valence-electron chi connectivity index (χ1n) is 13.6. The Hall–Kier alpha value is 4.88. The Labute approximate surface area is 895 Å². The minimum Gasteiger partial charge on any atom is -0.412 e.